The number of rotatable bonds is 7. The first-order chi connectivity index (χ1) is 6.87. The van der Waals surface area contributed by atoms with Gasteiger partial charge in [0.1, 0.15) is 0 Å². The van der Waals surface area contributed by atoms with Gasteiger partial charge in [0.15, 0.2) is 5.75 Å². The normalized spacial score (nSPS) is 11.0. The Morgan fingerprint density at radius 1 is 1.33 bits per heavy atom. The smallest absolute Gasteiger partial charge is 0.320 e. The summed E-state index contributed by atoms with van der Waals surface area (Å²) in [7, 11) is -3.91. The molecule has 7 nitrogen and oxygen atoms in total. The summed E-state index contributed by atoms with van der Waals surface area (Å²) in [5.41, 5.74) is 0. The summed E-state index contributed by atoms with van der Waals surface area (Å²) in [6, 6.07) is 0. The maximum atomic E-state index is 10.9. The molecule has 0 spiro atoms. The molecule has 0 aromatic heterocycles. The fraction of sp³-hybridized carbons (Fsp3) is 0.714. The third kappa shape index (κ3) is 7.89. The van der Waals surface area contributed by atoms with Gasteiger partial charge in [-0.2, -0.15) is 0 Å². The number of aliphatic carboxylic acids is 1. The minimum atomic E-state index is -3.91. The van der Waals surface area contributed by atoms with Crippen LogP contribution in [-0.4, -0.2) is 44.2 Å². The van der Waals surface area contributed by atoms with Crippen LogP contribution in [0.4, 0.5) is 0 Å². The van der Waals surface area contributed by atoms with Crippen molar-refractivity contribution in [3.05, 3.63) is 0 Å². The van der Waals surface area contributed by atoms with Crippen molar-refractivity contribution < 1.29 is 23.1 Å². The van der Waals surface area contributed by atoms with Crippen LogP contribution < -0.4 is 10.0 Å². The molecule has 3 N–H and O–H groups in total. The van der Waals surface area contributed by atoms with Crippen molar-refractivity contribution in [2.75, 3.05) is 18.8 Å². The number of nitrogens with one attached hydrogen (secondary N) is 2. The predicted molar refractivity (Wildman–Crippen MR) is 52.7 cm³/mol. The zero-order chi connectivity index (χ0) is 11.9. The van der Waals surface area contributed by atoms with Crippen LogP contribution in [0.15, 0.2) is 0 Å². The van der Waals surface area contributed by atoms with Gasteiger partial charge < -0.3 is 10.4 Å². The highest BCUT2D eigenvalue weighted by Crippen LogP contribution is 1.83. The Morgan fingerprint density at radius 3 is 2.40 bits per heavy atom. The molecular formula is C7H14N2O5S. The standard InChI is InChI=1S/C7H14N2O5S/c1-2-3-8-6(10)4-9-15(13,14)5-7(11)12/h9H,2-5H2,1H3,(H,8,10)(H,11,12). The molecule has 0 saturated carbocycles. The van der Waals surface area contributed by atoms with Crippen LogP contribution in [0.1, 0.15) is 13.3 Å². The lowest BCUT2D eigenvalue weighted by Gasteiger charge is -2.05. The van der Waals surface area contributed by atoms with E-state index in [0.717, 1.165) is 6.42 Å². The summed E-state index contributed by atoms with van der Waals surface area (Å²) in [6.45, 7) is 1.88. The average molecular weight is 238 g/mol. The number of sulfonamides is 1. The largest absolute Gasteiger partial charge is 0.480 e. The van der Waals surface area contributed by atoms with Gasteiger partial charge in [-0.1, -0.05) is 6.92 Å². The lowest BCUT2D eigenvalue weighted by Crippen LogP contribution is -2.39. The highest BCUT2D eigenvalue weighted by Gasteiger charge is 2.16. The zero-order valence-corrected chi connectivity index (χ0v) is 9.13. The molecule has 0 aromatic rings. The molecule has 0 aliphatic heterocycles. The van der Waals surface area contributed by atoms with Crippen LogP contribution in [0.25, 0.3) is 0 Å². The highest BCUT2D eigenvalue weighted by molar-refractivity contribution is 7.90. The van der Waals surface area contributed by atoms with Crippen LogP contribution in [0.5, 0.6) is 0 Å². The van der Waals surface area contributed by atoms with E-state index in [0.29, 0.717) is 6.54 Å². The first-order valence-electron chi connectivity index (χ1n) is 4.33. The third-order valence-corrected chi connectivity index (χ3v) is 2.55. The van der Waals surface area contributed by atoms with Crippen molar-refractivity contribution in [3.8, 4) is 0 Å². The molecule has 0 unspecified atom stereocenters. The Labute approximate surface area is 87.9 Å². The number of carbonyl (C=O) groups is 2. The summed E-state index contributed by atoms with van der Waals surface area (Å²) in [5, 5.41) is 10.7. The number of hydrogen-bond acceptors (Lipinski definition) is 4. The van der Waals surface area contributed by atoms with Crippen molar-refractivity contribution in [3.63, 3.8) is 0 Å². The Balaban J connectivity index is 3.93. The van der Waals surface area contributed by atoms with Gasteiger partial charge in [-0.3, -0.25) is 9.59 Å². The van der Waals surface area contributed by atoms with E-state index in [1.807, 2.05) is 11.6 Å². The van der Waals surface area contributed by atoms with Gasteiger partial charge in [0.05, 0.1) is 6.54 Å². The molecule has 15 heavy (non-hydrogen) atoms. The van der Waals surface area contributed by atoms with E-state index >= 15 is 0 Å². The van der Waals surface area contributed by atoms with E-state index in [2.05, 4.69) is 5.32 Å². The van der Waals surface area contributed by atoms with Crippen LogP contribution in [0.3, 0.4) is 0 Å². The Hall–Kier alpha value is -1.15. The Morgan fingerprint density at radius 2 is 1.93 bits per heavy atom. The molecule has 0 bridgehead atoms. The molecule has 0 radical (unpaired) electrons. The summed E-state index contributed by atoms with van der Waals surface area (Å²) >= 11 is 0. The molecule has 0 rings (SSSR count). The van der Waals surface area contributed by atoms with Crippen LogP contribution in [-0.2, 0) is 19.6 Å². The second-order valence-corrected chi connectivity index (χ2v) is 4.63. The first-order valence-corrected chi connectivity index (χ1v) is 5.98. The number of amides is 1. The molecule has 0 aromatic carbocycles. The number of hydrogen-bond donors (Lipinski definition) is 3. The van der Waals surface area contributed by atoms with Crippen molar-refractivity contribution in [2.24, 2.45) is 0 Å². The highest BCUT2D eigenvalue weighted by atomic mass is 32.2. The van der Waals surface area contributed by atoms with Gasteiger partial charge in [0.25, 0.3) is 0 Å². The Kier molecular flexibility index (Phi) is 5.87. The molecule has 0 saturated heterocycles. The molecule has 0 heterocycles. The Bertz CT molecular complexity index is 324. The van der Waals surface area contributed by atoms with Crippen LogP contribution in [0.2, 0.25) is 0 Å². The second kappa shape index (κ2) is 6.36. The van der Waals surface area contributed by atoms with E-state index in [1.54, 1.807) is 0 Å². The number of carboxylic acid groups (broad SMARTS) is 1. The minimum Gasteiger partial charge on any atom is -0.480 e. The molecule has 0 fully saturated rings. The molecular weight excluding hydrogens is 224 g/mol. The van der Waals surface area contributed by atoms with Gasteiger partial charge in [0.2, 0.25) is 15.9 Å². The molecule has 0 aliphatic carbocycles. The van der Waals surface area contributed by atoms with E-state index in [-0.39, 0.29) is 0 Å². The third-order valence-electron chi connectivity index (χ3n) is 1.34. The van der Waals surface area contributed by atoms with Gasteiger partial charge in [0, 0.05) is 6.54 Å². The molecule has 0 atom stereocenters. The van der Waals surface area contributed by atoms with Crippen molar-refractivity contribution >= 4 is 21.9 Å². The van der Waals surface area contributed by atoms with Crippen molar-refractivity contribution in [2.45, 2.75) is 13.3 Å². The summed E-state index contributed by atoms with van der Waals surface area (Å²) < 4.78 is 23.8. The lowest BCUT2D eigenvalue weighted by atomic mass is 10.5. The van der Waals surface area contributed by atoms with E-state index in [9.17, 15) is 18.0 Å². The SMILES string of the molecule is CCCNC(=O)CNS(=O)(=O)CC(=O)O. The second-order valence-electron chi connectivity index (χ2n) is 2.82. The van der Waals surface area contributed by atoms with Crippen LogP contribution in [0, 0.1) is 0 Å². The van der Waals surface area contributed by atoms with Gasteiger partial charge >= 0.3 is 5.97 Å². The average Bonchev–Trinajstić information content (AvgIpc) is 2.09. The van der Waals surface area contributed by atoms with Gasteiger partial charge in [-0.25, -0.2) is 13.1 Å². The fourth-order valence-electron chi connectivity index (χ4n) is 0.716. The summed E-state index contributed by atoms with van der Waals surface area (Å²) in [5.74, 6) is -2.98. The molecule has 1 amide bonds. The van der Waals surface area contributed by atoms with Gasteiger partial charge in [-0.05, 0) is 6.42 Å². The maximum absolute atomic E-state index is 10.9. The van der Waals surface area contributed by atoms with E-state index < -0.39 is 34.2 Å². The molecule has 8 heteroatoms. The maximum Gasteiger partial charge on any atom is 0.320 e. The van der Waals surface area contributed by atoms with E-state index in [4.69, 9.17) is 5.11 Å². The number of carboxylic acids is 1. The minimum absolute atomic E-state index is 0.435. The first kappa shape index (κ1) is 13.8. The monoisotopic (exact) mass is 238 g/mol. The summed E-state index contributed by atoms with van der Waals surface area (Å²) in [4.78, 5) is 21.1. The van der Waals surface area contributed by atoms with Gasteiger partial charge in [-0.15, -0.1) is 0 Å². The predicted octanol–water partition coefficient (Wildman–Crippen LogP) is -1.48. The topological polar surface area (TPSA) is 113 Å². The lowest BCUT2D eigenvalue weighted by molar-refractivity contribution is -0.134. The van der Waals surface area contributed by atoms with Crippen molar-refractivity contribution in [1.29, 1.82) is 0 Å². The fourth-order valence-corrected chi connectivity index (χ4v) is 1.49. The zero-order valence-electron chi connectivity index (χ0n) is 8.32. The summed E-state index contributed by atoms with van der Waals surface area (Å²) in [6.07, 6.45) is 0.744. The molecule has 88 valence electrons. The number of carbonyl (C=O) groups excluding carboxylic acids is 1. The molecule has 0 aliphatic rings. The van der Waals surface area contributed by atoms with Crippen LogP contribution >= 0.6 is 0 Å². The van der Waals surface area contributed by atoms with E-state index in [1.165, 1.54) is 0 Å². The van der Waals surface area contributed by atoms with Crippen molar-refractivity contribution in [1.82, 2.24) is 10.0 Å². The quantitative estimate of drug-likeness (QED) is 0.500.